The first kappa shape index (κ1) is 24.3. The molecule has 33 heavy (non-hydrogen) atoms. The van der Waals surface area contributed by atoms with E-state index in [1.807, 2.05) is 49.9 Å². The van der Waals surface area contributed by atoms with Gasteiger partial charge in [-0.1, -0.05) is 18.2 Å². The Hall–Kier alpha value is -3.35. The Kier molecular flexibility index (Phi) is 8.09. The van der Waals surface area contributed by atoms with Crippen LogP contribution in [-0.2, 0) is 4.79 Å². The lowest BCUT2D eigenvalue weighted by Gasteiger charge is -2.36. The van der Waals surface area contributed by atoms with E-state index in [4.69, 9.17) is 4.74 Å². The highest BCUT2D eigenvalue weighted by atomic mass is 16.5. The van der Waals surface area contributed by atoms with Crippen LogP contribution >= 0.6 is 0 Å². The predicted octanol–water partition coefficient (Wildman–Crippen LogP) is 3.18. The molecule has 3 amide bonds. The van der Waals surface area contributed by atoms with Crippen molar-refractivity contribution >= 4 is 17.7 Å². The summed E-state index contributed by atoms with van der Waals surface area (Å²) in [6.07, 6.45) is 1.27. The molecule has 1 fully saturated rings. The third kappa shape index (κ3) is 6.12. The number of carbonyl (C=O) groups excluding carboxylic acids is 3. The van der Waals surface area contributed by atoms with Gasteiger partial charge < -0.3 is 20.3 Å². The first-order valence-electron chi connectivity index (χ1n) is 11.4. The second-order valence-corrected chi connectivity index (χ2v) is 8.79. The molecule has 0 aliphatic carbocycles. The molecular weight excluding hydrogens is 418 g/mol. The Bertz CT molecular complexity index is 979. The molecule has 0 bridgehead atoms. The molecule has 1 heterocycles. The van der Waals surface area contributed by atoms with Gasteiger partial charge >= 0.3 is 0 Å². The molecule has 0 unspecified atom stereocenters. The zero-order valence-corrected chi connectivity index (χ0v) is 19.8. The van der Waals surface area contributed by atoms with Crippen LogP contribution in [0.2, 0.25) is 0 Å². The number of methoxy groups -OCH3 is 1. The van der Waals surface area contributed by atoms with E-state index >= 15 is 0 Å². The van der Waals surface area contributed by atoms with E-state index in [0.717, 1.165) is 5.56 Å². The van der Waals surface area contributed by atoms with Crippen molar-refractivity contribution in [2.75, 3.05) is 20.2 Å². The Labute approximate surface area is 195 Å². The van der Waals surface area contributed by atoms with Crippen molar-refractivity contribution in [1.82, 2.24) is 15.5 Å². The lowest BCUT2D eigenvalue weighted by molar-refractivity contribution is -0.125. The first-order valence-corrected chi connectivity index (χ1v) is 11.4. The molecule has 1 aliphatic rings. The normalized spacial score (nSPS) is 15.1. The maximum atomic E-state index is 13.0. The average molecular weight is 452 g/mol. The molecular formula is C26H33N3O4. The van der Waals surface area contributed by atoms with Crippen LogP contribution in [0.5, 0.6) is 5.75 Å². The van der Waals surface area contributed by atoms with Gasteiger partial charge in [0.25, 0.3) is 11.8 Å². The van der Waals surface area contributed by atoms with E-state index in [1.54, 1.807) is 31.4 Å². The zero-order chi connectivity index (χ0) is 24.0. The highest BCUT2D eigenvalue weighted by Crippen LogP contribution is 2.24. The Balaban J connectivity index is 1.69. The smallest absolute Gasteiger partial charge is 0.254 e. The Morgan fingerprint density at radius 3 is 2.18 bits per heavy atom. The zero-order valence-electron chi connectivity index (χ0n) is 19.8. The van der Waals surface area contributed by atoms with Crippen molar-refractivity contribution in [3.8, 4) is 5.75 Å². The number of ether oxygens (including phenoxy) is 1. The van der Waals surface area contributed by atoms with Gasteiger partial charge in [0.2, 0.25) is 5.91 Å². The van der Waals surface area contributed by atoms with Crippen LogP contribution in [0.4, 0.5) is 0 Å². The van der Waals surface area contributed by atoms with Gasteiger partial charge in [-0.2, -0.15) is 0 Å². The maximum absolute atomic E-state index is 13.0. The Morgan fingerprint density at radius 2 is 1.61 bits per heavy atom. The number of hydrogen-bond acceptors (Lipinski definition) is 4. The number of aryl methyl sites for hydroxylation is 1. The van der Waals surface area contributed by atoms with Crippen molar-refractivity contribution in [3.05, 3.63) is 65.2 Å². The van der Waals surface area contributed by atoms with Crippen molar-refractivity contribution in [2.45, 2.75) is 45.7 Å². The van der Waals surface area contributed by atoms with E-state index in [0.29, 0.717) is 42.8 Å². The second-order valence-electron chi connectivity index (χ2n) is 8.79. The SMILES string of the molecule is COc1ccc(C(=O)N[C@@H](C(=O)NC(C)C)C2CCN(C(=O)c3ccccc3C)CC2)cc1. The molecule has 1 atom stereocenters. The molecule has 0 saturated carbocycles. The fourth-order valence-electron chi connectivity index (χ4n) is 4.16. The highest BCUT2D eigenvalue weighted by molar-refractivity contribution is 5.98. The standard InChI is InChI=1S/C26H33N3O4/c1-17(2)27-25(31)23(28-24(30)20-9-11-21(33-4)12-10-20)19-13-15-29(16-14-19)26(32)22-8-6-5-7-18(22)3/h5-12,17,19,23H,13-16H2,1-4H3,(H,27,31)(H,28,30)/t23-/m1/s1. The van der Waals surface area contributed by atoms with E-state index in [9.17, 15) is 14.4 Å². The van der Waals surface area contributed by atoms with E-state index in [-0.39, 0.29) is 29.7 Å². The summed E-state index contributed by atoms with van der Waals surface area (Å²) in [4.78, 5) is 40.7. The first-order chi connectivity index (χ1) is 15.8. The van der Waals surface area contributed by atoms with Gasteiger partial charge in [0, 0.05) is 30.3 Å². The number of likely N-dealkylation sites (tertiary alicyclic amines) is 1. The summed E-state index contributed by atoms with van der Waals surface area (Å²) in [5, 5.41) is 5.86. The van der Waals surface area contributed by atoms with Gasteiger partial charge in [-0.3, -0.25) is 14.4 Å². The lowest BCUT2D eigenvalue weighted by atomic mass is 9.88. The topological polar surface area (TPSA) is 87.7 Å². The molecule has 2 aromatic rings. The molecule has 3 rings (SSSR count). The van der Waals surface area contributed by atoms with Crippen LogP contribution in [0, 0.1) is 12.8 Å². The molecule has 2 N–H and O–H groups in total. The van der Waals surface area contributed by atoms with Gasteiger partial charge in [0.05, 0.1) is 7.11 Å². The number of hydrogen-bond donors (Lipinski definition) is 2. The molecule has 0 spiro atoms. The maximum Gasteiger partial charge on any atom is 0.254 e. The Morgan fingerprint density at radius 1 is 0.970 bits per heavy atom. The molecule has 7 nitrogen and oxygen atoms in total. The molecule has 1 aliphatic heterocycles. The minimum Gasteiger partial charge on any atom is -0.497 e. The largest absolute Gasteiger partial charge is 0.497 e. The van der Waals surface area contributed by atoms with Crippen molar-refractivity contribution in [2.24, 2.45) is 5.92 Å². The van der Waals surface area contributed by atoms with E-state index in [1.165, 1.54) is 0 Å². The average Bonchev–Trinajstić information content (AvgIpc) is 2.82. The number of piperidine rings is 1. The van der Waals surface area contributed by atoms with Crippen molar-refractivity contribution in [3.63, 3.8) is 0 Å². The lowest BCUT2D eigenvalue weighted by Crippen LogP contribution is -2.54. The van der Waals surface area contributed by atoms with Crippen molar-refractivity contribution < 1.29 is 19.1 Å². The molecule has 0 radical (unpaired) electrons. The van der Waals surface area contributed by atoms with E-state index < -0.39 is 6.04 Å². The molecule has 7 heteroatoms. The predicted molar refractivity (Wildman–Crippen MR) is 127 cm³/mol. The molecule has 0 aromatic heterocycles. The van der Waals surface area contributed by atoms with Gasteiger partial charge in [-0.05, 0) is 75.4 Å². The number of nitrogens with zero attached hydrogens (tertiary/aromatic N) is 1. The van der Waals surface area contributed by atoms with Crippen LogP contribution in [0.25, 0.3) is 0 Å². The molecule has 1 saturated heterocycles. The highest BCUT2D eigenvalue weighted by Gasteiger charge is 2.34. The third-order valence-electron chi connectivity index (χ3n) is 6.03. The molecule has 2 aromatic carbocycles. The minimum atomic E-state index is -0.669. The fraction of sp³-hybridized carbons (Fsp3) is 0.423. The third-order valence-corrected chi connectivity index (χ3v) is 6.03. The summed E-state index contributed by atoms with van der Waals surface area (Å²) >= 11 is 0. The number of amides is 3. The number of carbonyl (C=O) groups is 3. The van der Waals surface area contributed by atoms with Gasteiger partial charge in [0.1, 0.15) is 11.8 Å². The quantitative estimate of drug-likeness (QED) is 0.677. The number of nitrogens with one attached hydrogen (secondary N) is 2. The summed E-state index contributed by atoms with van der Waals surface area (Å²) in [6, 6.07) is 13.6. The van der Waals surface area contributed by atoms with Crippen LogP contribution in [0.15, 0.2) is 48.5 Å². The van der Waals surface area contributed by atoms with Crippen LogP contribution in [0.1, 0.15) is 53.0 Å². The van der Waals surface area contributed by atoms with Crippen LogP contribution < -0.4 is 15.4 Å². The van der Waals surface area contributed by atoms with Crippen molar-refractivity contribution in [1.29, 1.82) is 0 Å². The summed E-state index contributed by atoms with van der Waals surface area (Å²) < 4.78 is 5.15. The monoisotopic (exact) mass is 451 g/mol. The van der Waals surface area contributed by atoms with Gasteiger partial charge in [-0.25, -0.2) is 0 Å². The summed E-state index contributed by atoms with van der Waals surface area (Å²) in [6.45, 7) is 6.80. The van der Waals surface area contributed by atoms with Gasteiger partial charge in [-0.15, -0.1) is 0 Å². The summed E-state index contributed by atoms with van der Waals surface area (Å²) in [5.41, 5.74) is 2.12. The minimum absolute atomic E-state index is 0.0111. The summed E-state index contributed by atoms with van der Waals surface area (Å²) in [5.74, 6) is 0.103. The number of rotatable bonds is 7. The second kappa shape index (κ2) is 11.0. The number of benzene rings is 2. The fourth-order valence-corrected chi connectivity index (χ4v) is 4.16. The van der Waals surface area contributed by atoms with Gasteiger partial charge in [0.15, 0.2) is 0 Å². The van der Waals surface area contributed by atoms with Crippen LogP contribution in [-0.4, -0.2) is 54.9 Å². The summed E-state index contributed by atoms with van der Waals surface area (Å²) in [7, 11) is 1.57. The van der Waals surface area contributed by atoms with E-state index in [2.05, 4.69) is 10.6 Å². The molecule has 176 valence electrons. The van der Waals surface area contributed by atoms with Crippen LogP contribution in [0.3, 0.4) is 0 Å².